The summed E-state index contributed by atoms with van der Waals surface area (Å²) in [5.41, 5.74) is 1.24. The van der Waals surface area contributed by atoms with E-state index >= 15 is 0 Å². The number of hydrogen-bond donors (Lipinski definition) is 2. The van der Waals surface area contributed by atoms with E-state index in [2.05, 4.69) is 10.3 Å². The van der Waals surface area contributed by atoms with Gasteiger partial charge >= 0.3 is 5.97 Å². The van der Waals surface area contributed by atoms with Gasteiger partial charge in [0, 0.05) is 19.0 Å². The lowest BCUT2D eigenvalue weighted by Gasteiger charge is -2.09. The summed E-state index contributed by atoms with van der Waals surface area (Å²) < 4.78 is 4.99. The highest BCUT2D eigenvalue weighted by molar-refractivity contribution is 6.30. The molecule has 1 aromatic carbocycles. The van der Waals surface area contributed by atoms with Crippen LogP contribution in [0, 0.1) is 0 Å². The maximum Gasteiger partial charge on any atom is 0.335 e. The summed E-state index contributed by atoms with van der Waals surface area (Å²) in [6.07, 6.45) is 1.36. The molecule has 0 unspecified atom stereocenters. The van der Waals surface area contributed by atoms with Crippen molar-refractivity contribution in [3.8, 4) is 0 Å². The van der Waals surface area contributed by atoms with E-state index < -0.39 is 11.9 Å². The monoisotopic (exact) mass is 320 g/mol. The summed E-state index contributed by atoms with van der Waals surface area (Å²) in [5.74, 6) is -1.54. The highest BCUT2D eigenvalue weighted by atomic mass is 35.5. The molecule has 1 amide bonds. The molecular formula is C15H13ClN2O4. The zero-order valence-corrected chi connectivity index (χ0v) is 12.4. The average Bonchev–Trinajstić information content (AvgIpc) is 2.48. The first-order valence-electron chi connectivity index (χ1n) is 6.28. The first-order chi connectivity index (χ1) is 10.5. The normalized spacial score (nSPS) is 10.3. The van der Waals surface area contributed by atoms with Gasteiger partial charge in [-0.05, 0) is 35.9 Å². The molecule has 0 aliphatic carbocycles. The summed E-state index contributed by atoms with van der Waals surface area (Å²) in [5, 5.41) is 12.1. The standard InChI is InChI=1S/C15H13ClN2O4/c1-22-8-9-4-10(15(20)21)6-12(5-9)18-14(19)13-3-2-11(16)7-17-13/h2-7H,8H2,1H3,(H,18,19)(H,20,21). The molecule has 0 radical (unpaired) electrons. The molecule has 114 valence electrons. The van der Waals surface area contributed by atoms with E-state index in [0.29, 0.717) is 16.3 Å². The third-order valence-electron chi connectivity index (χ3n) is 2.77. The molecule has 7 heteroatoms. The second-order valence-corrected chi connectivity index (χ2v) is 4.91. The number of aromatic nitrogens is 1. The van der Waals surface area contributed by atoms with Crippen LogP contribution in [-0.2, 0) is 11.3 Å². The lowest BCUT2D eigenvalue weighted by atomic mass is 10.1. The molecule has 0 bridgehead atoms. The largest absolute Gasteiger partial charge is 0.478 e. The van der Waals surface area contributed by atoms with Crippen molar-refractivity contribution >= 4 is 29.2 Å². The smallest absolute Gasteiger partial charge is 0.335 e. The van der Waals surface area contributed by atoms with E-state index in [1.807, 2.05) is 0 Å². The van der Waals surface area contributed by atoms with Gasteiger partial charge in [0.15, 0.2) is 0 Å². The van der Waals surface area contributed by atoms with Crippen LogP contribution in [0.1, 0.15) is 26.4 Å². The predicted molar refractivity (Wildman–Crippen MR) is 81.3 cm³/mol. The molecule has 0 spiro atoms. The van der Waals surface area contributed by atoms with Crippen molar-refractivity contribution in [2.75, 3.05) is 12.4 Å². The van der Waals surface area contributed by atoms with Gasteiger partial charge in [0.05, 0.1) is 17.2 Å². The summed E-state index contributed by atoms with van der Waals surface area (Å²) in [7, 11) is 1.50. The van der Waals surface area contributed by atoms with Gasteiger partial charge < -0.3 is 15.2 Å². The number of benzene rings is 1. The SMILES string of the molecule is COCc1cc(NC(=O)c2ccc(Cl)cn2)cc(C(=O)O)c1. The molecule has 0 saturated heterocycles. The number of pyridine rings is 1. The Balaban J connectivity index is 2.25. The first kappa shape index (κ1) is 15.9. The Hall–Kier alpha value is -2.44. The van der Waals surface area contributed by atoms with Crippen molar-refractivity contribution < 1.29 is 19.4 Å². The number of anilines is 1. The summed E-state index contributed by atoms with van der Waals surface area (Å²) in [4.78, 5) is 27.1. The van der Waals surface area contributed by atoms with Crippen molar-refractivity contribution in [1.82, 2.24) is 4.98 Å². The van der Waals surface area contributed by atoms with Crippen LogP contribution >= 0.6 is 11.6 Å². The Bertz CT molecular complexity index is 701. The minimum Gasteiger partial charge on any atom is -0.478 e. The molecule has 1 aromatic heterocycles. The fourth-order valence-corrected chi connectivity index (χ4v) is 1.95. The maximum atomic E-state index is 12.1. The van der Waals surface area contributed by atoms with Crippen molar-refractivity contribution in [1.29, 1.82) is 0 Å². The summed E-state index contributed by atoms with van der Waals surface area (Å²) >= 11 is 5.71. The first-order valence-corrected chi connectivity index (χ1v) is 6.66. The van der Waals surface area contributed by atoms with Gasteiger partial charge in [-0.3, -0.25) is 4.79 Å². The Kier molecular flexibility index (Phi) is 5.08. The predicted octanol–water partition coefficient (Wildman–Crippen LogP) is 2.83. The molecule has 2 aromatic rings. The highest BCUT2D eigenvalue weighted by Gasteiger charge is 2.11. The number of carbonyl (C=O) groups is 2. The Morgan fingerprint density at radius 2 is 2.09 bits per heavy atom. The number of aromatic carboxylic acids is 1. The number of carbonyl (C=O) groups excluding carboxylic acids is 1. The summed E-state index contributed by atoms with van der Waals surface area (Å²) in [6.45, 7) is 0.239. The van der Waals surface area contributed by atoms with E-state index in [1.165, 1.54) is 31.5 Å². The van der Waals surface area contributed by atoms with E-state index in [-0.39, 0.29) is 17.9 Å². The molecule has 2 rings (SSSR count). The van der Waals surface area contributed by atoms with Gasteiger partial charge in [-0.2, -0.15) is 0 Å². The van der Waals surface area contributed by atoms with E-state index in [9.17, 15) is 9.59 Å². The quantitative estimate of drug-likeness (QED) is 0.884. The van der Waals surface area contributed by atoms with Crippen LogP contribution in [0.2, 0.25) is 5.02 Å². The lowest BCUT2D eigenvalue weighted by molar-refractivity contribution is 0.0696. The number of rotatable bonds is 5. The number of nitrogens with one attached hydrogen (secondary N) is 1. The van der Waals surface area contributed by atoms with Gasteiger partial charge in [0.25, 0.3) is 5.91 Å². The fourth-order valence-electron chi connectivity index (χ4n) is 1.84. The topological polar surface area (TPSA) is 88.5 Å². The number of carboxylic acid groups (broad SMARTS) is 1. The zero-order valence-electron chi connectivity index (χ0n) is 11.7. The number of amides is 1. The van der Waals surface area contributed by atoms with Gasteiger partial charge in [0.2, 0.25) is 0 Å². The molecule has 0 aliphatic heterocycles. The number of ether oxygens (including phenoxy) is 1. The molecule has 0 aliphatic rings. The third-order valence-corrected chi connectivity index (χ3v) is 2.99. The molecule has 2 N–H and O–H groups in total. The van der Waals surface area contributed by atoms with Crippen molar-refractivity contribution in [3.63, 3.8) is 0 Å². The van der Waals surface area contributed by atoms with Crippen molar-refractivity contribution in [3.05, 3.63) is 58.4 Å². The van der Waals surface area contributed by atoms with Crippen LogP contribution in [0.4, 0.5) is 5.69 Å². The lowest BCUT2D eigenvalue weighted by Crippen LogP contribution is -2.14. The number of hydrogen-bond acceptors (Lipinski definition) is 4. The molecule has 0 fully saturated rings. The second kappa shape index (κ2) is 7.02. The molecule has 0 atom stereocenters. The van der Waals surface area contributed by atoms with Crippen LogP contribution in [0.25, 0.3) is 0 Å². The van der Waals surface area contributed by atoms with E-state index in [4.69, 9.17) is 21.4 Å². The number of carboxylic acids is 1. The average molecular weight is 321 g/mol. The van der Waals surface area contributed by atoms with Crippen molar-refractivity contribution in [2.24, 2.45) is 0 Å². The van der Waals surface area contributed by atoms with Crippen LogP contribution in [0.15, 0.2) is 36.5 Å². The molecule has 0 saturated carbocycles. The molecule has 1 heterocycles. The van der Waals surface area contributed by atoms with Gasteiger partial charge in [-0.1, -0.05) is 11.6 Å². The van der Waals surface area contributed by atoms with E-state index in [0.717, 1.165) is 0 Å². The van der Waals surface area contributed by atoms with Crippen molar-refractivity contribution in [2.45, 2.75) is 6.61 Å². The third kappa shape index (κ3) is 4.03. The molecule has 22 heavy (non-hydrogen) atoms. The minimum atomic E-state index is -1.09. The van der Waals surface area contributed by atoms with Gasteiger partial charge in [-0.25, -0.2) is 9.78 Å². The summed E-state index contributed by atoms with van der Waals surface area (Å²) in [6, 6.07) is 7.53. The van der Waals surface area contributed by atoms with Gasteiger partial charge in [-0.15, -0.1) is 0 Å². The second-order valence-electron chi connectivity index (χ2n) is 4.47. The molecular weight excluding hydrogens is 308 g/mol. The number of halogens is 1. The van der Waals surface area contributed by atoms with E-state index in [1.54, 1.807) is 12.1 Å². The van der Waals surface area contributed by atoms with Gasteiger partial charge in [0.1, 0.15) is 5.69 Å². The maximum absolute atomic E-state index is 12.1. The highest BCUT2D eigenvalue weighted by Crippen LogP contribution is 2.17. The van der Waals surface area contributed by atoms with Crippen LogP contribution in [0.5, 0.6) is 0 Å². The number of nitrogens with zero attached hydrogens (tertiary/aromatic N) is 1. The zero-order chi connectivity index (χ0) is 16.1. The fraction of sp³-hybridized carbons (Fsp3) is 0.133. The molecule has 6 nitrogen and oxygen atoms in total. The number of methoxy groups -OCH3 is 1. The Morgan fingerprint density at radius 3 is 2.68 bits per heavy atom. The Morgan fingerprint density at radius 1 is 1.32 bits per heavy atom. The minimum absolute atomic E-state index is 0.0638. The van der Waals surface area contributed by atoms with Crippen LogP contribution in [-0.4, -0.2) is 29.1 Å². The van der Waals surface area contributed by atoms with Crippen LogP contribution < -0.4 is 5.32 Å². The Labute approximate surface area is 131 Å². The van der Waals surface area contributed by atoms with Crippen LogP contribution in [0.3, 0.4) is 0 Å².